The molecule has 1 aliphatic heterocycles. The first kappa shape index (κ1) is 12.5. The molecule has 0 bridgehead atoms. The number of nitrogens with one attached hydrogen (secondary N) is 1. The lowest BCUT2D eigenvalue weighted by Gasteiger charge is -2.34. The molecule has 1 saturated heterocycles. The Kier molecular flexibility index (Phi) is 3.73. The highest BCUT2D eigenvalue weighted by Gasteiger charge is 2.23. The molecule has 0 saturated carbocycles. The fourth-order valence-electron chi connectivity index (χ4n) is 2.81. The first-order valence-electron chi connectivity index (χ1n) is 6.78. The Morgan fingerprint density at radius 2 is 2.00 bits per heavy atom. The Morgan fingerprint density at radius 1 is 1.21 bits per heavy atom. The topological polar surface area (TPSA) is 48.4 Å². The molecular formula is C15H19N3O. The lowest BCUT2D eigenvalue weighted by Crippen LogP contribution is -2.46. The summed E-state index contributed by atoms with van der Waals surface area (Å²) in [7, 11) is 0. The summed E-state index contributed by atoms with van der Waals surface area (Å²) in [6.45, 7) is 4.03. The molecule has 1 aromatic heterocycles. The van der Waals surface area contributed by atoms with E-state index in [2.05, 4.69) is 27.3 Å². The molecule has 0 amide bonds. The van der Waals surface area contributed by atoms with Crippen LogP contribution in [0, 0.1) is 0 Å². The van der Waals surface area contributed by atoms with Gasteiger partial charge in [-0.3, -0.25) is 9.88 Å². The number of hydrogen-bond donors (Lipinski definition) is 2. The predicted octanol–water partition coefficient (Wildman–Crippen LogP) is 1.17. The molecule has 3 rings (SSSR count). The van der Waals surface area contributed by atoms with Gasteiger partial charge < -0.3 is 10.4 Å². The van der Waals surface area contributed by atoms with Crippen LogP contribution in [-0.4, -0.2) is 47.8 Å². The normalized spacial score (nSPS) is 18.6. The van der Waals surface area contributed by atoms with Crippen LogP contribution in [0.15, 0.2) is 36.7 Å². The van der Waals surface area contributed by atoms with E-state index in [0.717, 1.165) is 37.1 Å². The second-order valence-electron chi connectivity index (χ2n) is 4.93. The monoisotopic (exact) mass is 257 g/mol. The summed E-state index contributed by atoms with van der Waals surface area (Å²) < 4.78 is 0. The third kappa shape index (κ3) is 2.47. The van der Waals surface area contributed by atoms with Crippen LogP contribution in [0.1, 0.15) is 11.6 Å². The molecule has 1 aliphatic rings. The average molecular weight is 257 g/mol. The molecule has 4 nitrogen and oxygen atoms in total. The summed E-state index contributed by atoms with van der Waals surface area (Å²) in [4.78, 5) is 6.66. The van der Waals surface area contributed by atoms with Crippen molar-refractivity contribution in [3.63, 3.8) is 0 Å². The largest absolute Gasteiger partial charge is 0.394 e. The zero-order valence-corrected chi connectivity index (χ0v) is 10.9. The van der Waals surface area contributed by atoms with Crippen molar-refractivity contribution in [3.05, 3.63) is 42.2 Å². The van der Waals surface area contributed by atoms with Crippen molar-refractivity contribution in [1.82, 2.24) is 15.2 Å². The summed E-state index contributed by atoms with van der Waals surface area (Å²) in [5.74, 6) is 0. The van der Waals surface area contributed by atoms with Crippen LogP contribution >= 0.6 is 0 Å². The van der Waals surface area contributed by atoms with Crippen LogP contribution in [0.25, 0.3) is 10.8 Å². The Morgan fingerprint density at radius 3 is 2.79 bits per heavy atom. The molecule has 0 spiro atoms. The Balaban J connectivity index is 2.00. The van der Waals surface area contributed by atoms with E-state index in [9.17, 15) is 5.11 Å². The van der Waals surface area contributed by atoms with Crippen LogP contribution < -0.4 is 5.32 Å². The zero-order chi connectivity index (χ0) is 13.1. The molecule has 1 fully saturated rings. The predicted molar refractivity (Wildman–Crippen MR) is 76.0 cm³/mol. The molecule has 2 N–H and O–H groups in total. The number of piperazine rings is 1. The Hall–Kier alpha value is -1.49. The minimum atomic E-state index is 0.0423. The highest BCUT2D eigenvalue weighted by atomic mass is 16.3. The van der Waals surface area contributed by atoms with Gasteiger partial charge >= 0.3 is 0 Å². The van der Waals surface area contributed by atoms with Gasteiger partial charge in [0.05, 0.1) is 12.6 Å². The lowest BCUT2D eigenvalue weighted by atomic mass is 10.0. The first-order valence-corrected chi connectivity index (χ1v) is 6.78. The number of fused-ring (bicyclic) bond motifs is 1. The van der Waals surface area contributed by atoms with Crippen LogP contribution in [-0.2, 0) is 0 Å². The number of aliphatic hydroxyl groups excluding tert-OH is 1. The van der Waals surface area contributed by atoms with Crippen molar-refractivity contribution in [3.8, 4) is 0 Å². The number of aliphatic hydroxyl groups is 1. The molecular weight excluding hydrogens is 238 g/mol. The fraction of sp³-hybridized carbons (Fsp3) is 0.400. The van der Waals surface area contributed by atoms with Crippen LogP contribution in [0.4, 0.5) is 0 Å². The van der Waals surface area contributed by atoms with E-state index in [1.165, 1.54) is 5.39 Å². The number of rotatable bonds is 3. The van der Waals surface area contributed by atoms with Crippen molar-refractivity contribution in [2.45, 2.75) is 6.04 Å². The molecule has 2 aromatic rings. The van der Waals surface area contributed by atoms with Crippen molar-refractivity contribution in [1.29, 1.82) is 0 Å². The third-order valence-corrected chi connectivity index (χ3v) is 3.82. The second kappa shape index (κ2) is 5.65. The van der Waals surface area contributed by atoms with Gasteiger partial charge in [0.25, 0.3) is 0 Å². The minimum Gasteiger partial charge on any atom is -0.394 e. The first-order chi connectivity index (χ1) is 9.40. The summed E-state index contributed by atoms with van der Waals surface area (Å²) in [6, 6.07) is 8.28. The molecule has 2 heterocycles. The van der Waals surface area contributed by atoms with E-state index < -0.39 is 0 Å². The summed E-state index contributed by atoms with van der Waals surface area (Å²) >= 11 is 0. The van der Waals surface area contributed by atoms with Gasteiger partial charge in [-0.2, -0.15) is 0 Å². The molecule has 19 heavy (non-hydrogen) atoms. The van der Waals surface area contributed by atoms with Gasteiger partial charge in [0, 0.05) is 44.0 Å². The van der Waals surface area contributed by atoms with E-state index in [1.54, 1.807) is 0 Å². The van der Waals surface area contributed by atoms with Gasteiger partial charge in [-0.25, -0.2) is 0 Å². The average Bonchev–Trinajstić information content (AvgIpc) is 2.49. The zero-order valence-electron chi connectivity index (χ0n) is 10.9. The maximum atomic E-state index is 9.80. The summed E-state index contributed by atoms with van der Waals surface area (Å²) in [5, 5.41) is 15.5. The van der Waals surface area contributed by atoms with E-state index in [0.29, 0.717) is 0 Å². The van der Waals surface area contributed by atoms with Gasteiger partial charge in [0.15, 0.2) is 0 Å². The quantitative estimate of drug-likeness (QED) is 0.866. The van der Waals surface area contributed by atoms with Crippen molar-refractivity contribution >= 4 is 10.8 Å². The SMILES string of the molecule is OCC(c1cncc2ccccc12)N1CCNCC1. The number of nitrogens with zero attached hydrogens (tertiary/aromatic N) is 2. The van der Waals surface area contributed by atoms with E-state index in [-0.39, 0.29) is 12.6 Å². The summed E-state index contributed by atoms with van der Waals surface area (Å²) in [6.07, 6.45) is 3.77. The van der Waals surface area contributed by atoms with Crippen LogP contribution in [0.2, 0.25) is 0 Å². The number of hydrogen-bond acceptors (Lipinski definition) is 4. The van der Waals surface area contributed by atoms with Gasteiger partial charge in [0.1, 0.15) is 0 Å². The fourth-order valence-corrected chi connectivity index (χ4v) is 2.81. The molecule has 100 valence electrons. The van der Waals surface area contributed by atoms with Gasteiger partial charge in [-0.15, -0.1) is 0 Å². The number of aromatic nitrogens is 1. The molecule has 1 unspecified atom stereocenters. The van der Waals surface area contributed by atoms with Gasteiger partial charge in [0.2, 0.25) is 0 Å². The van der Waals surface area contributed by atoms with Gasteiger partial charge in [-0.05, 0) is 10.9 Å². The number of benzene rings is 1. The molecule has 0 aliphatic carbocycles. The highest BCUT2D eigenvalue weighted by molar-refractivity contribution is 5.85. The van der Waals surface area contributed by atoms with Crippen LogP contribution in [0.5, 0.6) is 0 Å². The molecule has 1 atom stereocenters. The smallest absolute Gasteiger partial charge is 0.0629 e. The molecule has 0 radical (unpaired) electrons. The van der Waals surface area contributed by atoms with E-state index in [1.807, 2.05) is 24.5 Å². The Bertz CT molecular complexity index is 547. The third-order valence-electron chi connectivity index (χ3n) is 3.82. The van der Waals surface area contributed by atoms with E-state index >= 15 is 0 Å². The van der Waals surface area contributed by atoms with Gasteiger partial charge in [-0.1, -0.05) is 24.3 Å². The maximum absolute atomic E-state index is 9.80. The van der Waals surface area contributed by atoms with E-state index in [4.69, 9.17) is 0 Å². The lowest BCUT2D eigenvalue weighted by molar-refractivity contribution is 0.111. The highest BCUT2D eigenvalue weighted by Crippen LogP contribution is 2.27. The van der Waals surface area contributed by atoms with Crippen molar-refractivity contribution in [2.24, 2.45) is 0 Å². The van der Waals surface area contributed by atoms with Crippen molar-refractivity contribution < 1.29 is 5.11 Å². The number of pyridine rings is 1. The summed E-state index contributed by atoms with van der Waals surface area (Å²) in [5.41, 5.74) is 1.13. The molecule has 1 aromatic carbocycles. The molecule has 4 heteroatoms. The maximum Gasteiger partial charge on any atom is 0.0629 e. The second-order valence-corrected chi connectivity index (χ2v) is 4.93. The standard InChI is InChI=1S/C15H19N3O/c19-11-15(18-7-5-16-6-8-18)14-10-17-9-12-3-1-2-4-13(12)14/h1-4,9-10,15-16,19H,5-8,11H2. The van der Waals surface area contributed by atoms with Crippen LogP contribution in [0.3, 0.4) is 0 Å². The Labute approximate surface area is 113 Å². The van der Waals surface area contributed by atoms with Crippen molar-refractivity contribution in [2.75, 3.05) is 32.8 Å². The minimum absolute atomic E-state index is 0.0423.